The molecule has 1 saturated heterocycles. The Hall–Kier alpha value is -1.33. The van der Waals surface area contributed by atoms with Crippen molar-refractivity contribution in [3.63, 3.8) is 0 Å². The Bertz CT molecular complexity index is 853. The number of amides is 1. The Morgan fingerprint density at radius 2 is 1.14 bits per heavy atom. The maximum Gasteiger partial charge on any atom is 0.220 e. The molecule has 6 N–H and O–H groups in total. The van der Waals surface area contributed by atoms with E-state index in [0.717, 1.165) is 64.2 Å². The van der Waals surface area contributed by atoms with E-state index in [2.05, 4.69) is 43.5 Å². The fourth-order valence-corrected chi connectivity index (χ4v) is 6.62. The van der Waals surface area contributed by atoms with Gasteiger partial charge < -0.3 is 40.3 Å². The Balaban J connectivity index is 2.40. The van der Waals surface area contributed by atoms with Crippen molar-refractivity contribution in [1.82, 2.24) is 5.32 Å². The Labute approximate surface area is 311 Å². The highest BCUT2D eigenvalue weighted by molar-refractivity contribution is 5.76. The molecule has 0 spiro atoms. The molecule has 7 atom stereocenters. The molecule has 1 rings (SSSR count). The number of carbonyl (C=O) groups is 1. The topological polar surface area (TPSA) is 149 Å². The average Bonchev–Trinajstić information content (AvgIpc) is 3.13. The molecule has 0 aliphatic carbocycles. The van der Waals surface area contributed by atoms with Gasteiger partial charge in [-0.15, -0.1) is 0 Å². The molecule has 1 heterocycles. The maximum absolute atomic E-state index is 12.9. The van der Waals surface area contributed by atoms with Crippen LogP contribution in [0.2, 0.25) is 0 Å². The quantitative estimate of drug-likeness (QED) is 0.0289. The van der Waals surface area contributed by atoms with Gasteiger partial charge >= 0.3 is 0 Å². The molecule has 0 bridgehead atoms. The van der Waals surface area contributed by atoms with Crippen molar-refractivity contribution < 1.29 is 39.8 Å². The number of nitrogens with one attached hydrogen (secondary N) is 1. The molecule has 0 aromatic carbocycles. The Kier molecular flexibility index (Phi) is 31.1. The second-order valence-electron chi connectivity index (χ2n) is 14.8. The summed E-state index contributed by atoms with van der Waals surface area (Å²) in [4.78, 5) is 12.9. The minimum Gasteiger partial charge on any atom is -0.394 e. The van der Waals surface area contributed by atoms with Crippen LogP contribution in [0.1, 0.15) is 181 Å². The Morgan fingerprint density at radius 3 is 1.67 bits per heavy atom. The summed E-state index contributed by atoms with van der Waals surface area (Å²) in [6.07, 6.45) is 30.3. The highest BCUT2D eigenvalue weighted by Crippen LogP contribution is 2.23. The third kappa shape index (κ3) is 24.6. The zero-order valence-electron chi connectivity index (χ0n) is 32.6. The predicted octanol–water partition coefficient (Wildman–Crippen LogP) is 7.94. The minimum absolute atomic E-state index is 0.143. The number of unbranched alkanes of at least 4 members (excludes halogenated alkanes) is 21. The third-order valence-electron chi connectivity index (χ3n) is 10.1. The van der Waals surface area contributed by atoms with Crippen LogP contribution in [0.3, 0.4) is 0 Å². The summed E-state index contributed by atoms with van der Waals surface area (Å²) in [6.45, 7) is 3.78. The predicted molar refractivity (Wildman–Crippen MR) is 207 cm³/mol. The van der Waals surface area contributed by atoms with Crippen molar-refractivity contribution in [3.8, 4) is 0 Å². The van der Waals surface area contributed by atoms with E-state index in [1.807, 2.05) is 0 Å². The zero-order chi connectivity index (χ0) is 37.4. The van der Waals surface area contributed by atoms with Crippen LogP contribution in [0.15, 0.2) is 24.3 Å². The number of ether oxygens (including phenoxy) is 2. The van der Waals surface area contributed by atoms with E-state index >= 15 is 0 Å². The molecule has 1 aliphatic heterocycles. The minimum atomic E-state index is -1.55. The molecule has 51 heavy (non-hydrogen) atoms. The van der Waals surface area contributed by atoms with Crippen molar-refractivity contribution in [1.29, 1.82) is 0 Å². The summed E-state index contributed by atoms with van der Waals surface area (Å²) in [5.74, 6) is -0.161. The van der Waals surface area contributed by atoms with E-state index in [4.69, 9.17) is 9.47 Å². The molecule has 9 heteroatoms. The van der Waals surface area contributed by atoms with Gasteiger partial charge in [0.2, 0.25) is 5.91 Å². The van der Waals surface area contributed by atoms with Gasteiger partial charge in [0.15, 0.2) is 6.29 Å². The summed E-state index contributed by atoms with van der Waals surface area (Å²) in [7, 11) is 0. The summed E-state index contributed by atoms with van der Waals surface area (Å²) in [5.41, 5.74) is 0. The van der Waals surface area contributed by atoms with Crippen molar-refractivity contribution in [2.75, 3.05) is 13.2 Å². The molecule has 9 nitrogen and oxygen atoms in total. The summed E-state index contributed by atoms with van der Waals surface area (Å²) in [6, 6.07) is -0.723. The van der Waals surface area contributed by atoms with Crippen LogP contribution in [0.25, 0.3) is 0 Å². The van der Waals surface area contributed by atoms with Crippen LogP contribution in [0.5, 0.6) is 0 Å². The molecular weight excluding hydrogens is 646 g/mol. The molecule has 300 valence electrons. The summed E-state index contributed by atoms with van der Waals surface area (Å²) in [5, 5.41) is 54.2. The van der Waals surface area contributed by atoms with Gasteiger partial charge in [-0.2, -0.15) is 0 Å². The number of aliphatic hydroxyl groups excluding tert-OH is 5. The van der Waals surface area contributed by atoms with Crippen molar-refractivity contribution in [2.24, 2.45) is 0 Å². The highest BCUT2D eigenvalue weighted by Gasteiger charge is 2.44. The number of carbonyl (C=O) groups excluding carboxylic acids is 1. The molecule has 0 saturated carbocycles. The van der Waals surface area contributed by atoms with Crippen LogP contribution in [-0.2, 0) is 14.3 Å². The highest BCUT2D eigenvalue weighted by atomic mass is 16.7. The van der Waals surface area contributed by atoms with Gasteiger partial charge in [0.25, 0.3) is 0 Å². The molecule has 0 aromatic rings. The first-order valence-corrected chi connectivity index (χ1v) is 21.1. The van der Waals surface area contributed by atoms with E-state index in [-0.39, 0.29) is 12.5 Å². The van der Waals surface area contributed by atoms with E-state index in [1.165, 1.54) is 89.9 Å². The van der Waals surface area contributed by atoms with E-state index in [9.17, 15) is 30.3 Å². The lowest BCUT2D eigenvalue weighted by Crippen LogP contribution is -2.60. The van der Waals surface area contributed by atoms with Crippen LogP contribution >= 0.6 is 0 Å². The largest absolute Gasteiger partial charge is 0.394 e. The van der Waals surface area contributed by atoms with Crippen molar-refractivity contribution in [2.45, 2.75) is 224 Å². The monoisotopic (exact) mass is 726 g/mol. The molecule has 0 aromatic heterocycles. The second-order valence-corrected chi connectivity index (χ2v) is 14.8. The second kappa shape index (κ2) is 33.3. The van der Waals surface area contributed by atoms with E-state index < -0.39 is 49.5 Å². The molecule has 1 aliphatic rings. The first kappa shape index (κ1) is 47.7. The lowest BCUT2D eigenvalue weighted by Gasteiger charge is -2.40. The first-order chi connectivity index (χ1) is 24.8. The van der Waals surface area contributed by atoms with Gasteiger partial charge in [0.05, 0.1) is 25.4 Å². The van der Waals surface area contributed by atoms with Gasteiger partial charge in [-0.3, -0.25) is 4.79 Å². The van der Waals surface area contributed by atoms with Gasteiger partial charge in [-0.1, -0.05) is 160 Å². The average molecular weight is 726 g/mol. The zero-order valence-corrected chi connectivity index (χ0v) is 32.6. The molecule has 5 unspecified atom stereocenters. The maximum atomic E-state index is 12.9. The lowest BCUT2D eigenvalue weighted by atomic mass is 9.99. The fraction of sp³-hybridized carbons (Fsp3) is 0.881. The normalized spacial score (nSPS) is 22.2. The Morgan fingerprint density at radius 1 is 0.667 bits per heavy atom. The molecule has 0 radical (unpaired) electrons. The number of rotatable bonds is 34. The standard InChI is InChI=1S/C42H79NO8/c1-3-5-7-9-11-13-15-17-18-20-22-24-26-28-30-32-38(46)43-35(34-50-42-41(49)40(48)39(47)37(33-44)51-42)36(45)31-29-27-25-23-21-19-16-14-12-10-8-6-4-2/h13,15,17-18,35-37,39-42,44-45,47-49H,3-12,14,16,19-34H2,1-2H3,(H,43,46)/b15-13-,18-17-/t35-,36+,37?,39?,40?,41?,42?/m0/s1. The first-order valence-electron chi connectivity index (χ1n) is 21.1. The molecular formula is C42H79NO8. The van der Waals surface area contributed by atoms with Crippen LogP contribution in [0, 0.1) is 0 Å². The van der Waals surface area contributed by atoms with Crippen molar-refractivity contribution >= 4 is 5.91 Å². The van der Waals surface area contributed by atoms with Crippen LogP contribution in [-0.4, -0.2) is 87.5 Å². The third-order valence-corrected chi connectivity index (χ3v) is 10.1. The molecule has 1 amide bonds. The van der Waals surface area contributed by atoms with Crippen LogP contribution < -0.4 is 5.32 Å². The van der Waals surface area contributed by atoms with E-state index in [0.29, 0.717) is 12.8 Å². The van der Waals surface area contributed by atoms with E-state index in [1.54, 1.807) is 0 Å². The van der Waals surface area contributed by atoms with Gasteiger partial charge in [0, 0.05) is 6.42 Å². The molecule has 1 fully saturated rings. The van der Waals surface area contributed by atoms with Crippen molar-refractivity contribution in [3.05, 3.63) is 24.3 Å². The van der Waals surface area contributed by atoms with Gasteiger partial charge in [-0.05, 0) is 38.5 Å². The van der Waals surface area contributed by atoms with Gasteiger partial charge in [-0.25, -0.2) is 0 Å². The summed E-state index contributed by atoms with van der Waals surface area (Å²) >= 11 is 0. The SMILES string of the molecule is CCCCCC/C=C\C=C/CCCCCCCC(=O)N[C@@H](COC1OC(CO)C(O)C(O)C1O)[C@H](O)CCCCCCCCCCCCCCC. The van der Waals surface area contributed by atoms with Gasteiger partial charge in [0.1, 0.15) is 24.4 Å². The summed E-state index contributed by atoms with van der Waals surface area (Å²) < 4.78 is 11.2. The van der Waals surface area contributed by atoms with Crippen LogP contribution in [0.4, 0.5) is 0 Å². The lowest BCUT2D eigenvalue weighted by molar-refractivity contribution is -0.302. The number of hydrogen-bond donors (Lipinski definition) is 6. The number of hydrogen-bond acceptors (Lipinski definition) is 8. The number of allylic oxidation sites excluding steroid dienone is 4. The number of aliphatic hydroxyl groups is 5. The smallest absolute Gasteiger partial charge is 0.220 e. The fourth-order valence-electron chi connectivity index (χ4n) is 6.62.